The number of hydrogen-bond acceptors (Lipinski definition) is 6. The number of nitrogens with zero attached hydrogens (tertiary/aromatic N) is 1. The summed E-state index contributed by atoms with van der Waals surface area (Å²) in [5.74, 6) is -2.51. The van der Waals surface area contributed by atoms with Crippen molar-refractivity contribution in [2.24, 2.45) is 0 Å². The van der Waals surface area contributed by atoms with Crippen LogP contribution in [0.2, 0.25) is 0 Å². The van der Waals surface area contributed by atoms with Gasteiger partial charge in [-0.05, 0) is 34.4 Å². The molecule has 0 radical (unpaired) electrons. The van der Waals surface area contributed by atoms with Crippen LogP contribution in [0.4, 0.5) is 0 Å². The van der Waals surface area contributed by atoms with E-state index >= 15 is 0 Å². The molecule has 2 aromatic rings. The van der Waals surface area contributed by atoms with Gasteiger partial charge in [-0.1, -0.05) is 30.3 Å². The summed E-state index contributed by atoms with van der Waals surface area (Å²) in [6.45, 7) is 0.752. The molecule has 5 rings (SSSR count). The average molecular weight is 422 g/mol. The van der Waals surface area contributed by atoms with Gasteiger partial charge in [-0.2, -0.15) is 0 Å². The summed E-state index contributed by atoms with van der Waals surface area (Å²) in [7, 11) is 1.26. The molecular formula is C23H22N2O6. The third-order valence-electron chi connectivity index (χ3n) is 6.14. The molecule has 8 nitrogen and oxygen atoms in total. The monoisotopic (exact) mass is 422 g/mol. The van der Waals surface area contributed by atoms with Crippen molar-refractivity contribution < 1.29 is 28.6 Å². The molecule has 31 heavy (non-hydrogen) atoms. The van der Waals surface area contributed by atoms with Gasteiger partial charge >= 0.3 is 5.97 Å². The van der Waals surface area contributed by atoms with Gasteiger partial charge in [0.25, 0.3) is 5.91 Å². The van der Waals surface area contributed by atoms with Gasteiger partial charge in [-0.25, -0.2) is 4.79 Å². The van der Waals surface area contributed by atoms with Gasteiger partial charge in [-0.3, -0.25) is 9.59 Å². The van der Waals surface area contributed by atoms with Crippen LogP contribution in [-0.4, -0.2) is 67.9 Å². The Balaban J connectivity index is 1.26. The summed E-state index contributed by atoms with van der Waals surface area (Å²) in [4.78, 5) is 39.2. The zero-order valence-corrected chi connectivity index (χ0v) is 17.1. The number of carbonyl (C=O) groups excluding carboxylic acids is 3. The Morgan fingerprint density at radius 2 is 1.74 bits per heavy atom. The zero-order valence-electron chi connectivity index (χ0n) is 17.1. The minimum atomic E-state index is -1.16. The largest absolute Gasteiger partial charge is 0.467 e. The highest BCUT2D eigenvalue weighted by Crippen LogP contribution is 2.47. The molecular weight excluding hydrogens is 400 g/mol. The second-order valence-electron chi connectivity index (χ2n) is 7.76. The van der Waals surface area contributed by atoms with Crippen molar-refractivity contribution in [1.29, 1.82) is 0 Å². The SMILES string of the molecule is COC(=O)[C@H]1N(C(=O)CNC(=O)c2ccc3c(c2)-c2ccccc2-3)CCC12OCCO2. The van der Waals surface area contributed by atoms with E-state index in [0.29, 0.717) is 25.2 Å². The number of likely N-dealkylation sites (tertiary alicyclic amines) is 1. The van der Waals surface area contributed by atoms with Crippen molar-refractivity contribution in [1.82, 2.24) is 10.2 Å². The van der Waals surface area contributed by atoms with Crippen LogP contribution in [0.3, 0.4) is 0 Å². The van der Waals surface area contributed by atoms with E-state index in [1.807, 2.05) is 36.4 Å². The van der Waals surface area contributed by atoms with Crippen molar-refractivity contribution in [2.45, 2.75) is 18.2 Å². The van der Waals surface area contributed by atoms with E-state index in [4.69, 9.17) is 14.2 Å². The molecule has 0 unspecified atom stereocenters. The Labute approximate surface area is 179 Å². The molecule has 1 atom stereocenters. The fourth-order valence-electron chi connectivity index (χ4n) is 4.63. The van der Waals surface area contributed by atoms with Crippen LogP contribution in [0.25, 0.3) is 22.3 Å². The van der Waals surface area contributed by atoms with Crippen LogP contribution < -0.4 is 5.32 Å². The molecule has 2 amide bonds. The molecule has 3 aliphatic rings. The lowest BCUT2D eigenvalue weighted by Gasteiger charge is -2.31. The molecule has 2 aliphatic heterocycles. The number of benzene rings is 2. The lowest BCUT2D eigenvalue weighted by molar-refractivity contribution is -0.193. The molecule has 1 spiro atoms. The number of nitrogens with one attached hydrogen (secondary N) is 1. The molecule has 2 heterocycles. The van der Waals surface area contributed by atoms with Crippen LogP contribution in [0, 0.1) is 0 Å². The van der Waals surface area contributed by atoms with Gasteiger partial charge in [0.1, 0.15) is 0 Å². The van der Waals surface area contributed by atoms with E-state index in [1.54, 1.807) is 6.07 Å². The normalized spacial score (nSPS) is 20.0. The first-order valence-corrected chi connectivity index (χ1v) is 10.2. The molecule has 160 valence electrons. The molecule has 0 saturated carbocycles. The topological polar surface area (TPSA) is 94.2 Å². The summed E-state index contributed by atoms with van der Waals surface area (Å²) < 4.78 is 16.2. The van der Waals surface area contributed by atoms with Gasteiger partial charge in [0.05, 0.1) is 26.9 Å². The minimum absolute atomic E-state index is 0.240. The number of ether oxygens (including phenoxy) is 3. The Kier molecular flexibility index (Phi) is 4.75. The van der Waals surface area contributed by atoms with E-state index in [0.717, 1.165) is 16.7 Å². The summed E-state index contributed by atoms with van der Waals surface area (Å²) in [5, 5.41) is 2.66. The summed E-state index contributed by atoms with van der Waals surface area (Å²) in [6, 6.07) is 12.5. The van der Waals surface area contributed by atoms with Crippen LogP contribution in [0.15, 0.2) is 42.5 Å². The first kappa shape index (κ1) is 19.7. The maximum Gasteiger partial charge on any atom is 0.334 e. The summed E-state index contributed by atoms with van der Waals surface area (Å²) in [6.07, 6.45) is 0.372. The molecule has 0 bridgehead atoms. The van der Waals surface area contributed by atoms with Crippen LogP contribution >= 0.6 is 0 Å². The van der Waals surface area contributed by atoms with Crippen LogP contribution in [0.5, 0.6) is 0 Å². The Hall–Kier alpha value is -3.23. The fraction of sp³-hybridized carbons (Fsp3) is 0.348. The number of hydrogen-bond donors (Lipinski definition) is 1. The van der Waals surface area contributed by atoms with Gasteiger partial charge < -0.3 is 24.4 Å². The van der Waals surface area contributed by atoms with Crippen molar-refractivity contribution in [2.75, 3.05) is 33.4 Å². The van der Waals surface area contributed by atoms with Gasteiger partial charge in [0.15, 0.2) is 6.04 Å². The van der Waals surface area contributed by atoms with Gasteiger partial charge in [-0.15, -0.1) is 0 Å². The molecule has 0 aromatic heterocycles. The average Bonchev–Trinajstić information content (AvgIpc) is 3.42. The lowest BCUT2D eigenvalue weighted by Crippen LogP contribution is -2.54. The van der Waals surface area contributed by atoms with E-state index in [9.17, 15) is 14.4 Å². The van der Waals surface area contributed by atoms with Crippen LogP contribution in [0.1, 0.15) is 16.8 Å². The maximum atomic E-state index is 12.8. The molecule has 8 heteroatoms. The molecule has 1 aliphatic carbocycles. The fourth-order valence-corrected chi connectivity index (χ4v) is 4.63. The minimum Gasteiger partial charge on any atom is -0.467 e. The molecule has 2 saturated heterocycles. The number of carbonyl (C=O) groups is 3. The molecule has 1 N–H and O–H groups in total. The van der Waals surface area contributed by atoms with E-state index in [2.05, 4.69) is 5.32 Å². The van der Waals surface area contributed by atoms with Crippen molar-refractivity contribution in [3.63, 3.8) is 0 Å². The summed E-state index contributed by atoms with van der Waals surface area (Å²) >= 11 is 0. The second-order valence-corrected chi connectivity index (χ2v) is 7.76. The number of rotatable bonds is 4. The quantitative estimate of drug-likeness (QED) is 0.642. The highest BCUT2D eigenvalue weighted by molar-refractivity contribution is 6.06. The Morgan fingerprint density at radius 1 is 1.06 bits per heavy atom. The Bertz CT molecular complexity index is 1080. The van der Waals surface area contributed by atoms with Crippen molar-refractivity contribution in [3.05, 3.63) is 48.0 Å². The van der Waals surface area contributed by atoms with Gasteiger partial charge in [0.2, 0.25) is 11.7 Å². The molecule has 2 fully saturated rings. The lowest BCUT2D eigenvalue weighted by atomic mass is 9.80. The van der Waals surface area contributed by atoms with E-state index < -0.39 is 23.7 Å². The van der Waals surface area contributed by atoms with Crippen molar-refractivity contribution in [3.8, 4) is 22.3 Å². The smallest absolute Gasteiger partial charge is 0.334 e. The number of esters is 1. The standard InChI is InChI=1S/C23H22N2O6/c1-29-22(28)20-23(30-10-11-31-23)8-9-25(20)19(26)13-24-21(27)14-6-7-17-15-4-2-3-5-16(15)18(17)12-14/h2-7,12,20H,8-11,13H2,1H3,(H,24,27)/t20-/m1/s1. The summed E-state index contributed by atoms with van der Waals surface area (Å²) in [5.41, 5.74) is 4.90. The number of fused-ring (bicyclic) bond motifs is 4. The highest BCUT2D eigenvalue weighted by atomic mass is 16.7. The first-order chi connectivity index (χ1) is 15.0. The molecule has 2 aromatic carbocycles. The number of methoxy groups -OCH3 is 1. The predicted octanol–water partition coefficient (Wildman–Crippen LogP) is 1.58. The Morgan fingerprint density at radius 3 is 2.45 bits per heavy atom. The third-order valence-corrected chi connectivity index (χ3v) is 6.14. The highest BCUT2D eigenvalue weighted by Gasteiger charge is 2.57. The second kappa shape index (κ2) is 7.47. The van der Waals surface area contributed by atoms with Crippen molar-refractivity contribution >= 4 is 17.8 Å². The third kappa shape index (κ3) is 3.10. The number of amides is 2. The van der Waals surface area contributed by atoms with E-state index in [-0.39, 0.29) is 19.0 Å². The first-order valence-electron chi connectivity index (χ1n) is 10.2. The van der Waals surface area contributed by atoms with Crippen LogP contribution in [-0.2, 0) is 23.8 Å². The maximum absolute atomic E-state index is 12.8. The zero-order chi connectivity index (χ0) is 21.6. The van der Waals surface area contributed by atoms with E-state index in [1.165, 1.54) is 17.6 Å². The van der Waals surface area contributed by atoms with Gasteiger partial charge in [0, 0.05) is 18.5 Å². The predicted molar refractivity (Wildman–Crippen MR) is 110 cm³/mol.